The van der Waals surface area contributed by atoms with Crippen molar-refractivity contribution < 1.29 is 4.74 Å². The molecule has 1 saturated heterocycles. The largest absolute Gasteiger partial charge is 0.493 e. The van der Waals surface area contributed by atoms with Crippen LogP contribution in [0.25, 0.3) is 0 Å². The van der Waals surface area contributed by atoms with E-state index in [1.54, 1.807) is 0 Å². The third-order valence-corrected chi connectivity index (χ3v) is 2.42. The number of nitrogens with zero attached hydrogens (tertiary/aromatic N) is 1. The summed E-state index contributed by atoms with van der Waals surface area (Å²) >= 11 is 0. The molecule has 1 rings (SSSR count). The molecule has 0 spiro atoms. The van der Waals surface area contributed by atoms with Crippen LogP contribution in [0.2, 0.25) is 0 Å². The number of hydrogen-bond acceptors (Lipinski definition) is 3. The van der Waals surface area contributed by atoms with Gasteiger partial charge in [-0.25, -0.2) is 0 Å². The molecule has 3 heteroatoms. The van der Waals surface area contributed by atoms with E-state index in [0.717, 1.165) is 43.8 Å². The van der Waals surface area contributed by atoms with Gasteiger partial charge in [-0.2, -0.15) is 0 Å². The molecule has 1 heterocycles. The third kappa shape index (κ3) is 4.98. The van der Waals surface area contributed by atoms with Crippen molar-refractivity contribution in [1.82, 2.24) is 5.32 Å². The maximum Gasteiger partial charge on any atom is 0.114 e. The van der Waals surface area contributed by atoms with Crippen molar-refractivity contribution in [3.63, 3.8) is 0 Å². The summed E-state index contributed by atoms with van der Waals surface area (Å²) in [6, 6.07) is 0. The molecule has 15 heavy (non-hydrogen) atoms. The van der Waals surface area contributed by atoms with Crippen molar-refractivity contribution in [2.45, 2.75) is 46.1 Å². The lowest BCUT2D eigenvalue weighted by Crippen LogP contribution is -2.32. The minimum atomic E-state index is 0.379. The van der Waals surface area contributed by atoms with Crippen LogP contribution in [-0.2, 0) is 4.74 Å². The quantitative estimate of drug-likeness (QED) is 0.571. The highest BCUT2D eigenvalue weighted by molar-refractivity contribution is 5.79. The average molecular weight is 210 g/mol. The second-order valence-corrected chi connectivity index (χ2v) is 4.09. The van der Waals surface area contributed by atoms with Crippen LogP contribution in [0, 0.1) is 0 Å². The summed E-state index contributed by atoms with van der Waals surface area (Å²) in [7, 11) is 0. The van der Waals surface area contributed by atoms with E-state index in [1.165, 1.54) is 0 Å². The van der Waals surface area contributed by atoms with Gasteiger partial charge in [-0.15, -0.1) is 0 Å². The fraction of sp³-hybridized carbons (Fsp3) is 0.750. The van der Waals surface area contributed by atoms with Crippen LogP contribution < -0.4 is 5.32 Å². The van der Waals surface area contributed by atoms with Crippen molar-refractivity contribution in [3.8, 4) is 0 Å². The summed E-state index contributed by atoms with van der Waals surface area (Å²) < 4.78 is 5.90. The molecule has 86 valence electrons. The highest BCUT2D eigenvalue weighted by Crippen LogP contribution is 2.14. The number of ether oxygens (including phenoxy) is 1. The molecule has 1 fully saturated rings. The molecule has 0 aromatic rings. The van der Waals surface area contributed by atoms with Gasteiger partial charge in [0.25, 0.3) is 0 Å². The molecular weight excluding hydrogens is 188 g/mol. The molecule has 1 aliphatic heterocycles. The van der Waals surface area contributed by atoms with Crippen molar-refractivity contribution >= 4 is 5.71 Å². The Morgan fingerprint density at radius 2 is 2.07 bits per heavy atom. The average Bonchev–Trinajstić information content (AvgIpc) is 2.25. The van der Waals surface area contributed by atoms with Crippen LogP contribution >= 0.6 is 0 Å². The molecular formula is C12H22N2O. The van der Waals surface area contributed by atoms with Crippen molar-refractivity contribution in [3.05, 3.63) is 12.0 Å². The van der Waals surface area contributed by atoms with Gasteiger partial charge in [0.05, 0.1) is 6.20 Å². The van der Waals surface area contributed by atoms with Crippen LogP contribution in [0.3, 0.4) is 0 Å². The summed E-state index contributed by atoms with van der Waals surface area (Å²) in [6.07, 6.45) is 5.36. The standard InChI is InChI=1S/C12H22N2O/c1-4-11(9-14-10(2)3)15-12-5-7-13-8-6-12/h9,12-13H,4-8H2,1-3H3/b11-9+. The Hall–Kier alpha value is -0.830. The van der Waals surface area contributed by atoms with E-state index in [-0.39, 0.29) is 0 Å². The maximum atomic E-state index is 5.90. The Bertz CT molecular complexity index is 236. The summed E-state index contributed by atoms with van der Waals surface area (Å²) in [5.74, 6) is 1.00. The second kappa shape index (κ2) is 6.62. The monoisotopic (exact) mass is 210 g/mol. The Morgan fingerprint density at radius 1 is 1.40 bits per heavy atom. The highest BCUT2D eigenvalue weighted by Gasteiger charge is 2.14. The van der Waals surface area contributed by atoms with Crippen LogP contribution in [0.15, 0.2) is 17.0 Å². The normalized spacial score (nSPS) is 18.7. The van der Waals surface area contributed by atoms with Gasteiger partial charge < -0.3 is 10.1 Å². The molecule has 3 nitrogen and oxygen atoms in total. The van der Waals surface area contributed by atoms with E-state index in [4.69, 9.17) is 4.74 Å². The van der Waals surface area contributed by atoms with Crippen molar-refractivity contribution in [1.29, 1.82) is 0 Å². The SMILES string of the molecule is CC/C(=C\N=C(C)C)OC1CCNCC1. The fourth-order valence-electron chi connectivity index (χ4n) is 1.53. The van der Waals surface area contributed by atoms with Crippen LogP contribution in [0.1, 0.15) is 40.0 Å². The van der Waals surface area contributed by atoms with Crippen molar-refractivity contribution in [2.24, 2.45) is 4.99 Å². The molecule has 0 amide bonds. The van der Waals surface area contributed by atoms with Crippen molar-refractivity contribution in [2.75, 3.05) is 13.1 Å². The first kappa shape index (κ1) is 12.2. The lowest BCUT2D eigenvalue weighted by atomic mass is 10.1. The zero-order valence-corrected chi connectivity index (χ0v) is 10.0. The number of allylic oxidation sites excluding steroid dienone is 1. The number of rotatable bonds is 4. The summed E-state index contributed by atoms with van der Waals surface area (Å²) in [5, 5.41) is 3.33. The molecule has 0 radical (unpaired) electrons. The fourth-order valence-corrected chi connectivity index (χ4v) is 1.53. The van der Waals surface area contributed by atoms with E-state index in [9.17, 15) is 0 Å². The molecule has 0 aromatic heterocycles. The molecule has 1 aliphatic rings. The van der Waals surface area contributed by atoms with Gasteiger partial charge in [-0.3, -0.25) is 4.99 Å². The molecule has 0 aromatic carbocycles. The molecule has 0 saturated carbocycles. The van der Waals surface area contributed by atoms with Gasteiger partial charge in [-0.1, -0.05) is 6.92 Å². The first-order valence-electron chi connectivity index (χ1n) is 5.79. The predicted octanol–water partition coefficient (Wildman–Crippen LogP) is 2.49. The zero-order chi connectivity index (χ0) is 11.1. The van der Waals surface area contributed by atoms with Gasteiger partial charge in [0.2, 0.25) is 0 Å². The topological polar surface area (TPSA) is 33.6 Å². The minimum absolute atomic E-state index is 0.379. The van der Waals surface area contributed by atoms with Gasteiger partial charge >= 0.3 is 0 Å². The van der Waals surface area contributed by atoms with E-state index >= 15 is 0 Å². The first-order valence-corrected chi connectivity index (χ1v) is 5.79. The molecule has 1 N–H and O–H groups in total. The number of piperidine rings is 1. The zero-order valence-electron chi connectivity index (χ0n) is 10.0. The Kier molecular flexibility index (Phi) is 5.40. The van der Waals surface area contributed by atoms with Crippen LogP contribution in [-0.4, -0.2) is 24.9 Å². The van der Waals surface area contributed by atoms with E-state index in [2.05, 4.69) is 17.2 Å². The Labute approximate surface area is 92.6 Å². The summed E-state index contributed by atoms with van der Waals surface area (Å²) in [4.78, 5) is 4.28. The van der Waals surface area contributed by atoms with Crippen LogP contribution in [0.5, 0.6) is 0 Å². The Balaban J connectivity index is 2.44. The summed E-state index contributed by atoms with van der Waals surface area (Å²) in [5.41, 5.74) is 1.06. The first-order chi connectivity index (χ1) is 7.22. The molecule has 0 atom stereocenters. The van der Waals surface area contributed by atoms with E-state index in [0.29, 0.717) is 6.10 Å². The van der Waals surface area contributed by atoms with Crippen LogP contribution in [0.4, 0.5) is 0 Å². The molecule has 0 unspecified atom stereocenters. The molecule has 0 aliphatic carbocycles. The molecule has 0 bridgehead atoms. The third-order valence-electron chi connectivity index (χ3n) is 2.42. The second-order valence-electron chi connectivity index (χ2n) is 4.09. The van der Waals surface area contributed by atoms with E-state index < -0.39 is 0 Å². The number of aliphatic imine (C=N–C) groups is 1. The lowest BCUT2D eigenvalue weighted by Gasteiger charge is -2.24. The van der Waals surface area contributed by atoms with Gasteiger partial charge in [0.1, 0.15) is 11.9 Å². The van der Waals surface area contributed by atoms with Gasteiger partial charge in [0, 0.05) is 12.1 Å². The lowest BCUT2D eigenvalue weighted by molar-refractivity contribution is 0.0834. The highest BCUT2D eigenvalue weighted by atomic mass is 16.5. The maximum absolute atomic E-state index is 5.90. The summed E-state index contributed by atoms with van der Waals surface area (Å²) in [6.45, 7) is 8.23. The Morgan fingerprint density at radius 3 is 2.60 bits per heavy atom. The van der Waals surface area contributed by atoms with E-state index in [1.807, 2.05) is 20.0 Å². The minimum Gasteiger partial charge on any atom is -0.493 e. The van der Waals surface area contributed by atoms with Gasteiger partial charge in [-0.05, 0) is 39.8 Å². The predicted molar refractivity (Wildman–Crippen MR) is 64.1 cm³/mol. The smallest absolute Gasteiger partial charge is 0.114 e. The number of nitrogens with one attached hydrogen (secondary N) is 1. The number of hydrogen-bond donors (Lipinski definition) is 1. The van der Waals surface area contributed by atoms with Gasteiger partial charge in [0.15, 0.2) is 0 Å².